The Labute approximate surface area is 76.4 Å². The number of ether oxygens (including phenoxy) is 2. The average molecular weight is 187 g/mol. The van der Waals surface area contributed by atoms with Gasteiger partial charge in [0, 0.05) is 0 Å². The van der Waals surface area contributed by atoms with E-state index in [0.717, 1.165) is 0 Å². The van der Waals surface area contributed by atoms with Crippen LogP contribution in [-0.2, 0) is 14.3 Å². The molecule has 0 aromatic rings. The molecule has 1 aliphatic heterocycles. The lowest BCUT2D eigenvalue weighted by molar-refractivity contribution is -0.144. The van der Waals surface area contributed by atoms with Gasteiger partial charge in [0.15, 0.2) is 6.04 Å². The van der Waals surface area contributed by atoms with E-state index in [4.69, 9.17) is 4.74 Å². The fourth-order valence-corrected chi connectivity index (χ4v) is 1.28. The Morgan fingerprint density at radius 3 is 2.69 bits per heavy atom. The highest BCUT2D eigenvalue weighted by atomic mass is 16.6. The first kappa shape index (κ1) is 9.83. The molecule has 1 saturated heterocycles. The summed E-state index contributed by atoms with van der Waals surface area (Å²) in [4.78, 5) is 22.0. The van der Waals surface area contributed by atoms with Crippen molar-refractivity contribution in [2.45, 2.75) is 26.0 Å². The number of hydrogen-bond acceptors (Lipinski definition) is 4. The van der Waals surface area contributed by atoms with E-state index >= 15 is 0 Å². The van der Waals surface area contributed by atoms with Crippen molar-refractivity contribution in [2.75, 3.05) is 7.11 Å². The van der Waals surface area contributed by atoms with Gasteiger partial charge in [0.1, 0.15) is 6.10 Å². The second-order valence-corrected chi connectivity index (χ2v) is 3.26. The molecule has 1 aliphatic rings. The number of esters is 1. The first-order valence-electron chi connectivity index (χ1n) is 4.11. The largest absolute Gasteiger partial charge is 0.467 e. The Balaban J connectivity index is 2.71. The molecule has 0 aromatic heterocycles. The Hall–Kier alpha value is -1.26. The van der Waals surface area contributed by atoms with Gasteiger partial charge in [-0.1, -0.05) is 13.8 Å². The molecule has 1 N–H and O–H groups in total. The average Bonchev–Trinajstić information content (AvgIpc) is 2.46. The van der Waals surface area contributed by atoms with Crippen LogP contribution in [0.5, 0.6) is 0 Å². The zero-order chi connectivity index (χ0) is 10.0. The van der Waals surface area contributed by atoms with Gasteiger partial charge in [0.2, 0.25) is 0 Å². The number of alkyl carbamates (subject to hydrolysis) is 1. The van der Waals surface area contributed by atoms with Crippen LogP contribution in [0.1, 0.15) is 13.8 Å². The molecule has 0 aliphatic carbocycles. The van der Waals surface area contributed by atoms with Crippen LogP contribution in [0.3, 0.4) is 0 Å². The van der Waals surface area contributed by atoms with E-state index in [2.05, 4.69) is 10.1 Å². The molecule has 2 atom stereocenters. The van der Waals surface area contributed by atoms with Gasteiger partial charge < -0.3 is 14.8 Å². The maximum Gasteiger partial charge on any atom is 0.408 e. The number of cyclic esters (lactones) is 1. The van der Waals surface area contributed by atoms with Gasteiger partial charge in [-0.2, -0.15) is 0 Å². The van der Waals surface area contributed by atoms with Crippen molar-refractivity contribution in [1.29, 1.82) is 0 Å². The number of methoxy groups -OCH3 is 1. The van der Waals surface area contributed by atoms with Gasteiger partial charge in [-0.15, -0.1) is 0 Å². The van der Waals surface area contributed by atoms with E-state index in [1.165, 1.54) is 7.11 Å². The van der Waals surface area contributed by atoms with Crippen LogP contribution in [-0.4, -0.2) is 31.3 Å². The highest BCUT2D eigenvalue weighted by molar-refractivity contribution is 5.84. The molecule has 0 radical (unpaired) electrons. The van der Waals surface area contributed by atoms with Crippen LogP contribution < -0.4 is 5.32 Å². The summed E-state index contributed by atoms with van der Waals surface area (Å²) >= 11 is 0. The zero-order valence-corrected chi connectivity index (χ0v) is 7.87. The number of carbonyl (C=O) groups is 2. The molecule has 1 rings (SSSR count). The Bertz CT molecular complexity index is 226. The molecular weight excluding hydrogens is 174 g/mol. The van der Waals surface area contributed by atoms with E-state index in [9.17, 15) is 9.59 Å². The van der Waals surface area contributed by atoms with Gasteiger partial charge in [-0.05, 0) is 5.92 Å². The third kappa shape index (κ3) is 1.91. The normalized spacial score (nSPS) is 26.9. The maximum atomic E-state index is 11.2. The third-order valence-electron chi connectivity index (χ3n) is 1.96. The van der Waals surface area contributed by atoms with Crippen molar-refractivity contribution in [1.82, 2.24) is 5.32 Å². The highest BCUT2D eigenvalue weighted by Gasteiger charge is 2.41. The summed E-state index contributed by atoms with van der Waals surface area (Å²) in [6.45, 7) is 3.75. The molecule has 0 spiro atoms. The number of hydrogen-bond donors (Lipinski definition) is 1. The van der Waals surface area contributed by atoms with E-state index in [-0.39, 0.29) is 5.92 Å². The first-order chi connectivity index (χ1) is 6.06. The predicted molar refractivity (Wildman–Crippen MR) is 44.0 cm³/mol. The summed E-state index contributed by atoms with van der Waals surface area (Å²) in [7, 11) is 1.28. The van der Waals surface area contributed by atoms with Gasteiger partial charge in [-0.25, -0.2) is 9.59 Å². The standard InChI is InChI=1S/C8H13NO4/c1-4(2)6-5(7(10)12-3)9-8(11)13-6/h4-6H,1-3H3,(H,9,11)/t5-,6+/m1/s1. The molecular formula is C8H13NO4. The molecule has 1 fully saturated rings. The smallest absolute Gasteiger partial charge is 0.408 e. The highest BCUT2D eigenvalue weighted by Crippen LogP contribution is 2.17. The van der Waals surface area contributed by atoms with Gasteiger partial charge in [0.05, 0.1) is 7.11 Å². The molecule has 13 heavy (non-hydrogen) atoms. The monoisotopic (exact) mass is 187 g/mol. The van der Waals surface area contributed by atoms with Gasteiger partial charge in [0.25, 0.3) is 0 Å². The fourth-order valence-electron chi connectivity index (χ4n) is 1.28. The van der Waals surface area contributed by atoms with Crippen LogP contribution in [0.2, 0.25) is 0 Å². The minimum absolute atomic E-state index is 0.0862. The van der Waals surface area contributed by atoms with E-state index in [1.54, 1.807) is 0 Å². The minimum Gasteiger partial charge on any atom is -0.467 e. The van der Waals surface area contributed by atoms with Crippen LogP contribution in [0.4, 0.5) is 4.79 Å². The van der Waals surface area contributed by atoms with Crippen molar-refractivity contribution in [2.24, 2.45) is 5.92 Å². The summed E-state index contributed by atoms with van der Waals surface area (Å²) in [5, 5.41) is 2.40. The molecule has 5 nitrogen and oxygen atoms in total. The van der Waals surface area contributed by atoms with Crippen molar-refractivity contribution in [3.8, 4) is 0 Å². The van der Waals surface area contributed by atoms with Crippen molar-refractivity contribution in [3.63, 3.8) is 0 Å². The second-order valence-electron chi connectivity index (χ2n) is 3.26. The van der Waals surface area contributed by atoms with E-state index in [1.807, 2.05) is 13.8 Å². The second kappa shape index (κ2) is 3.64. The fraction of sp³-hybridized carbons (Fsp3) is 0.750. The topological polar surface area (TPSA) is 64.6 Å². The van der Waals surface area contributed by atoms with Crippen molar-refractivity contribution >= 4 is 12.1 Å². The number of nitrogens with one attached hydrogen (secondary N) is 1. The summed E-state index contributed by atoms with van der Waals surface area (Å²) in [5.74, 6) is -0.382. The molecule has 0 bridgehead atoms. The van der Waals surface area contributed by atoms with E-state index in [0.29, 0.717) is 0 Å². The third-order valence-corrected chi connectivity index (χ3v) is 1.96. The Kier molecular flexibility index (Phi) is 2.75. The van der Waals surface area contributed by atoms with Crippen LogP contribution in [0, 0.1) is 5.92 Å². The summed E-state index contributed by atoms with van der Waals surface area (Å²) in [5.41, 5.74) is 0. The lowest BCUT2D eigenvalue weighted by Gasteiger charge is -2.17. The van der Waals surface area contributed by atoms with Crippen molar-refractivity contribution < 1.29 is 19.1 Å². The maximum absolute atomic E-state index is 11.2. The molecule has 1 amide bonds. The van der Waals surface area contributed by atoms with Crippen LogP contribution >= 0.6 is 0 Å². The molecule has 0 saturated carbocycles. The molecule has 0 aromatic carbocycles. The lowest BCUT2D eigenvalue weighted by atomic mass is 10.0. The number of rotatable bonds is 2. The molecule has 1 heterocycles. The number of amides is 1. The molecule has 74 valence electrons. The minimum atomic E-state index is -0.669. The lowest BCUT2D eigenvalue weighted by Crippen LogP contribution is -2.42. The Morgan fingerprint density at radius 1 is 1.62 bits per heavy atom. The zero-order valence-electron chi connectivity index (χ0n) is 7.87. The molecule has 0 unspecified atom stereocenters. The Morgan fingerprint density at radius 2 is 2.23 bits per heavy atom. The van der Waals surface area contributed by atoms with Crippen LogP contribution in [0.25, 0.3) is 0 Å². The van der Waals surface area contributed by atoms with Crippen LogP contribution in [0.15, 0.2) is 0 Å². The summed E-state index contributed by atoms with van der Waals surface area (Å²) in [6, 6.07) is -0.669. The number of carbonyl (C=O) groups excluding carboxylic acids is 2. The SMILES string of the molecule is COC(=O)[C@@H]1NC(=O)O[C@H]1C(C)C. The van der Waals surface area contributed by atoms with Gasteiger partial charge >= 0.3 is 12.1 Å². The predicted octanol–water partition coefficient (Wildman–Crippen LogP) is 0.292. The summed E-state index contributed by atoms with van der Waals surface area (Å²) < 4.78 is 9.44. The first-order valence-corrected chi connectivity index (χ1v) is 4.11. The van der Waals surface area contributed by atoms with E-state index < -0.39 is 24.2 Å². The van der Waals surface area contributed by atoms with Gasteiger partial charge in [-0.3, -0.25) is 0 Å². The quantitative estimate of drug-likeness (QED) is 0.631. The summed E-state index contributed by atoms with van der Waals surface area (Å²) in [6.07, 6.45) is -0.992. The van der Waals surface area contributed by atoms with Crippen molar-refractivity contribution in [3.05, 3.63) is 0 Å². The molecule has 5 heteroatoms.